The van der Waals surface area contributed by atoms with E-state index < -0.39 is 70.6 Å². The molecule has 0 radical (unpaired) electrons. The second-order valence-corrected chi connectivity index (χ2v) is 12.7. The maximum absolute atomic E-state index is 13.0. The number of hydrogen-bond acceptors (Lipinski definition) is 10. The highest BCUT2D eigenvalue weighted by Crippen LogP contribution is 2.74. The van der Waals surface area contributed by atoms with E-state index in [1.54, 1.807) is 39.0 Å². The van der Waals surface area contributed by atoms with Crippen LogP contribution in [0.25, 0.3) is 0 Å². The first-order chi connectivity index (χ1) is 18.3. The number of carbonyl (C=O) groups is 2. The second-order valence-electron chi connectivity index (χ2n) is 12.7. The molecule has 1 spiro atoms. The van der Waals surface area contributed by atoms with Gasteiger partial charge in [0.15, 0.2) is 6.29 Å². The first-order valence-corrected chi connectivity index (χ1v) is 13.8. The molecule has 39 heavy (non-hydrogen) atoms. The zero-order chi connectivity index (χ0) is 28.0. The lowest BCUT2D eigenvalue weighted by Gasteiger charge is -2.71. The molecular weight excluding hydrogens is 508 g/mol. The number of rotatable bonds is 0. The van der Waals surface area contributed by atoms with Crippen LogP contribution in [0.3, 0.4) is 0 Å². The van der Waals surface area contributed by atoms with Gasteiger partial charge in [-0.1, -0.05) is 30.7 Å². The molecule has 6 fully saturated rings. The molecular formula is C29H38O10. The first-order valence-electron chi connectivity index (χ1n) is 13.8. The molecule has 7 aliphatic rings. The number of aliphatic hydroxyl groups excluding tert-OH is 1. The van der Waals surface area contributed by atoms with Gasteiger partial charge in [-0.15, -0.1) is 0 Å². The third kappa shape index (κ3) is 3.75. The number of fused-ring (bicyclic) bond motifs is 2. The summed E-state index contributed by atoms with van der Waals surface area (Å²) in [7, 11) is 0. The summed E-state index contributed by atoms with van der Waals surface area (Å²) in [6.07, 6.45) is 3.79. The highest BCUT2D eigenvalue weighted by atomic mass is 16.7. The topological polar surface area (TPSA) is 141 Å². The highest BCUT2D eigenvalue weighted by Gasteiger charge is 2.86. The van der Waals surface area contributed by atoms with Gasteiger partial charge in [-0.25, -0.2) is 9.59 Å². The van der Waals surface area contributed by atoms with E-state index >= 15 is 0 Å². The Kier molecular flexibility index (Phi) is 6.23. The van der Waals surface area contributed by atoms with Gasteiger partial charge in [-0.3, -0.25) is 0 Å². The normalized spacial score (nSPS) is 54.4. The molecule has 10 nitrogen and oxygen atoms in total. The standard InChI is InChI=1S/C29H38O10/c1-15-11-20(31)35-14-28-10-9-26(3,33)17-13-29(34)25(39-23(17)28)22(32)24(27(28,29)4)38-19(30)8-6-5-7-18-16(2)36-21(12-15)37-18/h5-8,11,16-18,21-25,32-34H,9-10,12-14H2,1-4H3/b7-5?,8-6?,15-11+/t16-,17-,18-,21+,22+,23+,24+,25+,26-,27+,28+,29+/m0/s1. The van der Waals surface area contributed by atoms with E-state index in [1.807, 2.05) is 6.92 Å². The third-order valence-electron chi connectivity index (χ3n) is 10.6. The van der Waals surface area contributed by atoms with Crippen LogP contribution in [-0.2, 0) is 33.3 Å². The van der Waals surface area contributed by atoms with Gasteiger partial charge < -0.3 is 39.0 Å². The van der Waals surface area contributed by atoms with Crippen molar-refractivity contribution in [1.82, 2.24) is 0 Å². The Morgan fingerprint density at radius 1 is 0.974 bits per heavy atom. The quantitative estimate of drug-likeness (QED) is 0.383. The van der Waals surface area contributed by atoms with Crippen molar-refractivity contribution in [3.63, 3.8) is 0 Å². The van der Waals surface area contributed by atoms with Crippen LogP contribution in [-0.4, -0.2) is 88.0 Å². The summed E-state index contributed by atoms with van der Waals surface area (Å²) in [6.45, 7) is 7.08. The lowest BCUT2D eigenvalue weighted by molar-refractivity contribution is -0.378. The van der Waals surface area contributed by atoms with Crippen LogP contribution in [0.15, 0.2) is 36.0 Å². The smallest absolute Gasteiger partial charge is 0.331 e. The van der Waals surface area contributed by atoms with E-state index in [2.05, 4.69) is 0 Å². The van der Waals surface area contributed by atoms with E-state index in [0.29, 0.717) is 19.3 Å². The molecule has 3 aliphatic carbocycles. The Hall–Kier alpha value is -2.08. The van der Waals surface area contributed by atoms with Gasteiger partial charge in [-0.05, 0) is 40.0 Å². The molecule has 0 aromatic heterocycles. The van der Waals surface area contributed by atoms with Gasteiger partial charge in [0, 0.05) is 29.9 Å². The van der Waals surface area contributed by atoms with Crippen molar-refractivity contribution in [3.8, 4) is 0 Å². The SMILES string of the molecule is C/C1=C\C(=O)OC[C@]23CC[C@](C)(O)[C@H]4C[C@@]5(O)[C@H](O[C@H]42)[C@H](O)[C@@H](OC(=O)C=CC=C[C@@H]2O[C@H](C1)O[C@H]2C)[C@]35C. The molecule has 4 heterocycles. The van der Waals surface area contributed by atoms with Crippen LogP contribution >= 0.6 is 0 Å². The fraction of sp³-hybridized carbons (Fsp3) is 0.724. The second kappa shape index (κ2) is 8.96. The Bertz CT molecular complexity index is 1140. The van der Waals surface area contributed by atoms with Gasteiger partial charge in [0.05, 0.1) is 23.2 Å². The monoisotopic (exact) mass is 546 g/mol. The molecule has 214 valence electrons. The molecule has 10 heteroatoms. The van der Waals surface area contributed by atoms with Crippen molar-refractivity contribution in [2.75, 3.05) is 6.61 Å². The molecule has 4 aliphatic heterocycles. The Balaban J connectivity index is 1.41. The maximum atomic E-state index is 13.0. The summed E-state index contributed by atoms with van der Waals surface area (Å²) in [5.41, 5.74) is -4.23. The van der Waals surface area contributed by atoms with Crippen molar-refractivity contribution in [2.45, 2.75) is 107 Å². The molecule has 7 rings (SSSR count). The summed E-state index contributed by atoms with van der Waals surface area (Å²) >= 11 is 0. The van der Waals surface area contributed by atoms with Crippen LogP contribution in [0.1, 0.15) is 53.4 Å². The maximum Gasteiger partial charge on any atom is 0.331 e. The molecule has 8 bridgehead atoms. The predicted octanol–water partition coefficient (Wildman–Crippen LogP) is 1.46. The van der Waals surface area contributed by atoms with Gasteiger partial charge >= 0.3 is 11.9 Å². The Morgan fingerprint density at radius 3 is 2.51 bits per heavy atom. The van der Waals surface area contributed by atoms with E-state index in [-0.39, 0.29) is 25.2 Å². The van der Waals surface area contributed by atoms with E-state index in [1.165, 1.54) is 12.2 Å². The molecule has 0 amide bonds. The predicted molar refractivity (Wildman–Crippen MR) is 135 cm³/mol. The van der Waals surface area contributed by atoms with Crippen LogP contribution in [0.4, 0.5) is 0 Å². The Labute approximate surface area is 227 Å². The number of carbonyl (C=O) groups excluding carboxylic acids is 2. The minimum Gasteiger partial charge on any atom is -0.462 e. The van der Waals surface area contributed by atoms with Crippen LogP contribution in [0.2, 0.25) is 0 Å². The summed E-state index contributed by atoms with van der Waals surface area (Å²) in [6, 6.07) is 0. The number of hydrogen-bond donors (Lipinski definition) is 3. The van der Waals surface area contributed by atoms with Gasteiger partial charge in [0.2, 0.25) is 0 Å². The highest BCUT2D eigenvalue weighted by molar-refractivity contribution is 5.83. The van der Waals surface area contributed by atoms with Crippen LogP contribution < -0.4 is 0 Å². The van der Waals surface area contributed by atoms with Crippen molar-refractivity contribution in [1.29, 1.82) is 0 Å². The molecule has 12 atom stereocenters. The van der Waals surface area contributed by atoms with Crippen molar-refractivity contribution >= 4 is 11.9 Å². The molecule has 0 unspecified atom stereocenters. The molecule has 3 saturated carbocycles. The minimum atomic E-state index is -1.62. The fourth-order valence-corrected chi connectivity index (χ4v) is 8.34. The molecule has 3 N–H and O–H groups in total. The molecule has 0 aromatic rings. The molecule has 0 aromatic carbocycles. The first kappa shape index (κ1) is 27.1. The largest absolute Gasteiger partial charge is 0.462 e. The van der Waals surface area contributed by atoms with E-state index in [9.17, 15) is 24.9 Å². The number of aliphatic hydroxyl groups is 3. The van der Waals surface area contributed by atoms with Crippen molar-refractivity contribution < 1.29 is 48.6 Å². The van der Waals surface area contributed by atoms with Crippen LogP contribution in [0, 0.1) is 16.7 Å². The van der Waals surface area contributed by atoms with Gasteiger partial charge in [0.25, 0.3) is 0 Å². The average Bonchev–Trinajstić information content (AvgIpc) is 3.25. The van der Waals surface area contributed by atoms with Gasteiger partial charge in [0.1, 0.15) is 36.6 Å². The minimum absolute atomic E-state index is 0.132. The summed E-state index contributed by atoms with van der Waals surface area (Å²) in [5, 5.41) is 34.8. The van der Waals surface area contributed by atoms with Crippen LogP contribution in [0.5, 0.6) is 0 Å². The third-order valence-corrected chi connectivity index (χ3v) is 10.6. The number of cyclic esters (lactones) is 1. The lowest BCUT2D eigenvalue weighted by Crippen LogP contribution is -2.80. The lowest BCUT2D eigenvalue weighted by atomic mass is 9.40. The zero-order valence-corrected chi connectivity index (χ0v) is 22.7. The number of allylic oxidation sites excluding steroid dienone is 2. The summed E-state index contributed by atoms with van der Waals surface area (Å²) in [4.78, 5) is 26.0. The van der Waals surface area contributed by atoms with E-state index in [4.69, 9.17) is 23.7 Å². The van der Waals surface area contributed by atoms with Crippen molar-refractivity contribution in [3.05, 3.63) is 36.0 Å². The fourth-order valence-electron chi connectivity index (χ4n) is 8.34. The number of esters is 2. The van der Waals surface area contributed by atoms with Crippen molar-refractivity contribution in [2.24, 2.45) is 16.7 Å². The number of ether oxygens (including phenoxy) is 5. The average molecular weight is 547 g/mol. The zero-order valence-electron chi connectivity index (χ0n) is 22.7. The summed E-state index contributed by atoms with van der Waals surface area (Å²) < 4.78 is 29.9. The molecule has 3 saturated heterocycles. The van der Waals surface area contributed by atoms with E-state index in [0.717, 1.165) is 5.57 Å². The van der Waals surface area contributed by atoms with Gasteiger partial charge in [-0.2, -0.15) is 0 Å². The summed E-state index contributed by atoms with van der Waals surface area (Å²) in [5.74, 6) is -1.70. The Morgan fingerprint density at radius 2 is 1.74 bits per heavy atom.